The summed E-state index contributed by atoms with van der Waals surface area (Å²) in [5.74, 6) is 0.736. The quantitative estimate of drug-likeness (QED) is 0.355. The Morgan fingerprint density at radius 2 is 1.76 bits per heavy atom. The van der Waals surface area contributed by atoms with Crippen molar-refractivity contribution >= 4 is 0 Å². The van der Waals surface area contributed by atoms with Gasteiger partial charge in [-0.15, -0.1) is 0 Å². The van der Waals surface area contributed by atoms with Gasteiger partial charge < -0.3 is 10.2 Å². The molecule has 0 atom stereocenters. The number of hydrogen-bond donors (Lipinski definition) is 2. The van der Waals surface area contributed by atoms with Gasteiger partial charge in [-0.2, -0.15) is 0 Å². The summed E-state index contributed by atoms with van der Waals surface area (Å²) in [6, 6.07) is 3.54. The van der Waals surface area contributed by atoms with Gasteiger partial charge in [0, 0.05) is 18.0 Å². The van der Waals surface area contributed by atoms with Crippen molar-refractivity contribution in [3.05, 3.63) is 59.0 Å². The van der Waals surface area contributed by atoms with Crippen LogP contribution in [-0.2, 0) is 12.8 Å². The van der Waals surface area contributed by atoms with E-state index in [1.165, 1.54) is 11.1 Å². The van der Waals surface area contributed by atoms with Gasteiger partial charge in [0.25, 0.3) is 0 Å². The lowest BCUT2D eigenvalue weighted by Gasteiger charge is -2.15. The zero-order valence-electron chi connectivity index (χ0n) is 18.2. The molecule has 0 bridgehead atoms. The number of nitrogens with zero attached hydrogens (tertiary/aromatic N) is 2. The number of aromatic hydroxyl groups is 2. The Bertz CT molecular complexity index is 851. The summed E-state index contributed by atoms with van der Waals surface area (Å²) >= 11 is 0. The average molecular weight is 395 g/mol. The molecule has 1 aromatic heterocycles. The van der Waals surface area contributed by atoms with Gasteiger partial charge in [0.05, 0.1) is 5.56 Å². The summed E-state index contributed by atoms with van der Waals surface area (Å²) in [5.41, 5.74) is 4.64. The van der Waals surface area contributed by atoms with E-state index in [4.69, 9.17) is 0 Å². The Morgan fingerprint density at radius 1 is 1.03 bits per heavy atom. The van der Waals surface area contributed by atoms with Crippen molar-refractivity contribution in [1.29, 1.82) is 0 Å². The van der Waals surface area contributed by atoms with Gasteiger partial charge in [0.15, 0.2) is 5.82 Å². The number of allylic oxidation sites excluding steroid dienone is 4. The molecule has 0 saturated carbocycles. The van der Waals surface area contributed by atoms with Crippen LogP contribution in [0, 0.1) is 0 Å². The van der Waals surface area contributed by atoms with E-state index in [0.29, 0.717) is 23.4 Å². The summed E-state index contributed by atoms with van der Waals surface area (Å²) in [4.78, 5) is 8.69. The number of phenolic OH excluding ortho intramolecular Hbond substituents is 2. The molecule has 0 unspecified atom stereocenters. The van der Waals surface area contributed by atoms with Gasteiger partial charge in [-0.25, -0.2) is 9.97 Å². The van der Waals surface area contributed by atoms with Crippen LogP contribution in [0.25, 0.3) is 11.4 Å². The Hall–Kier alpha value is -2.62. The second-order valence-electron chi connectivity index (χ2n) is 7.86. The minimum Gasteiger partial charge on any atom is -0.508 e. The van der Waals surface area contributed by atoms with Gasteiger partial charge in [0.2, 0.25) is 0 Å². The van der Waals surface area contributed by atoms with Crippen molar-refractivity contribution in [2.24, 2.45) is 0 Å². The third-order valence-electron chi connectivity index (χ3n) is 5.05. The molecule has 0 spiro atoms. The molecular formula is C25H34N2O2. The number of hydrogen-bond acceptors (Lipinski definition) is 4. The lowest BCUT2D eigenvalue weighted by atomic mass is 9.94. The molecule has 1 heterocycles. The Kier molecular flexibility index (Phi) is 8.91. The van der Waals surface area contributed by atoms with Crippen LogP contribution >= 0.6 is 0 Å². The monoisotopic (exact) mass is 394 g/mol. The minimum absolute atomic E-state index is 0.0936. The maximum absolute atomic E-state index is 11.0. The van der Waals surface area contributed by atoms with Gasteiger partial charge in [-0.3, -0.25) is 0 Å². The zero-order chi connectivity index (χ0) is 21.2. The van der Waals surface area contributed by atoms with Crippen molar-refractivity contribution in [3.63, 3.8) is 0 Å². The normalized spacial score (nSPS) is 11.5. The van der Waals surface area contributed by atoms with Crippen LogP contribution in [0.1, 0.15) is 70.9 Å². The second-order valence-corrected chi connectivity index (χ2v) is 7.86. The molecule has 2 aromatic rings. The first-order chi connectivity index (χ1) is 13.9. The summed E-state index contributed by atoms with van der Waals surface area (Å²) in [7, 11) is 0. The van der Waals surface area contributed by atoms with Crippen LogP contribution in [-0.4, -0.2) is 20.2 Å². The van der Waals surface area contributed by atoms with Crippen molar-refractivity contribution in [2.45, 2.75) is 72.6 Å². The van der Waals surface area contributed by atoms with E-state index in [-0.39, 0.29) is 11.5 Å². The van der Waals surface area contributed by atoms with E-state index < -0.39 is 0 Å². The van der Waals surface area contributed by atoms with E-state index >= 15 is 0 Å². The fourth-order valence-electron chi connectivity index (χ4n) is 3.36. The van der Waals surface area contributed by atoms with E-state index in [1.807, 2.05) is 0 Å². The highest BCUT2D eigenvalue weighted by Gasteiger charge is 2.19. The molecule has 0 amide bonds. The molecule has 156 valence electrons. The van der Waals surface area contributed by atoms with E-state index in [9.17, 15) is 10.2 Å². The third kappa shape index (κ3) is 6.74. The first kappa shape index (κ1) is 22.7. The lowest BCUT2D eigenvalue weighted by molar-refractivity contribution is 0.440. The number of benzene rings is 1. The Balaban J connectivity index is 2.34. The number of aromatic nitrogens is 2. The van der Waals surface area contributed by atoms with Crippen LogP contribution in [0.15, 0.2) is 47.8 Å². The molecular weight excluding hydrogens is 360 g/mol. The number of phenols is 2. The van der Waals surface area contributed by atoms with Crippen LogP contribution in [0.2, 0.25) is 0 Å². The van der Waals surface area contributed by atoms with Crippen molar-refractivity contribution < 1.29 is 10.2 Å². The molecule has 0 aliphatic heterocycles. The highest BCUT2D eigenvalue weighted by atomic mass is 16.3. The van der Waals surface area contributed by atoms with Crippen LogP contribution < -0.4 is 0 Å². The first-order valence-electron chi connectivity index (χ1n) is 10.6. The van der Waals surface area contributed by atoms with Gasteiger partial charge in [0.1, 0.15) is 11.5 Å². The van der Waals surface area contributed by atoms with Gasteiger partial charge in [-0.1, -0.05) is 43.1 Å². The molecule has 2 N–H and O–H groups in total. The maximum atomic E-state index is 11.0. The molecule has 4 heteroatoms. The summed E-state index contributed by atoms with van der Waals surface area (Å²) in [5, 5.41) is 21.7. The molecule has 1 aromatic carbocycles. The number of unbranched alkanes of at least 4 members (excludes halogenated alkanes) is 2. The van der Waals surface area contributed by atoms with Crippen molar-refractivity contribution in [1.82, 2.24) is 9.97 Å². The summed E-state index contributed by atoms with van der Waals surface area (Å²) < 4.78 is 0. The third-order valence-corrected chi connectivity index (χ3v) is 5.05. The summed E-state index contributed by atoms with van der Waals surface area (Å²) in [6.07, 6.45) is 14.1. The highest BCUT2D eigenvalue weighted by molar-refractivity contribution is 5.73. The predicted molar refractivity (Wildman–Crippen MR) is 120 cm³/mol. The SMILES string of the molecule is CCCCCc1cc(O)c(C/C=C(\C)CCC=C(C)C)c(O)c1-c1ncccn1. The van der Waals surface area contributed by atoms with Gasteiger partial charge in [-0.05, 0) is 70.6 Å². The lowest BCUT2D eigenvalue weighted by Crippen LogP contribution is -1.99. The largest absolute Gasteiger partial charge is 0.508 e. The Morgan fingerprint density at radius 3 is 2.41 bits per heavy atom. The predicted octanol–water partition coefficient (Wildman–Crippen LogP) is 6.52. The van der Waals surface area contributed by atoms with Crippen LogP contribution in [0.3, 0.4) is 0 Å². The fourth-order valence-corrected chi connectivity index (χ4v) is 3.36. The first-order valence-corrected chi connectivity index (χ1v) is 10.6. The number of rotatable bonds is 10. The molecule has 0 aliphatic carbocycles. The Labute approximate surface area is 175 Å². The summed E-state index contributed by atoms with van der Waals surface area (Å²) in [6.45, 7) is 8.45. The molecule has 29 heavy (non-hydrogen) atoms. The second kappa shape index (κ2) is 11.4. The zero-order valence-corrected chi connectivity index (χ0v) is 18.2. The molecule has 0 fully saturated rings. The molecule has 4 nitrogen and oxygen atoms in total. The highest BCUT2D eigenvalue weighted by Crippen LogP contribution is 2.40. The van der Waals surface area contributed by atoms with Crippen molar-refractivity contribution in [3.8, 4) is 22.9 Å². The molecule has 0 aliphatic rings. The van der Waals surface area contributed by atoms with Crippen molar-refractivity contribution in [2.75, 3.05) is 0 Å². The minimum atomic E-state index is 0.0936. The van der Waals surface area contributed by atoms with Gasteiger partial charge >= 0.3 is 0 Å². The molecule has 2 rings (SSSR count). The van der Waals surface area contributed by atoms with Crippen LogP contribution in [0.5, 0.6) is 11.5 Å². The van der Waals surface area contributed by atoms with Crippen LogP contribution in [0.4, 0.5) is 0 Å². The molecule has 0 radical (unpaired) electrons. The van der Waals surface area contributed by atoms with E-state index in [0.717, 1.165) is 44.1 Å². The fraction of sp³-hybridized carbons (Fsp3) is 0.440. The molecule has 0 saturated heterocycles. The smallest absolute Gasteiger partial charge is 0.163 e. The van der Waals surface area contributed by atoms with E-state index in [2.05, 4.69) is 49.8 Å². The average Bonchev–Trinajstić information content (AvgIpc) is 2.68. The van der Waals surface area contributed by atoms with E-state index in [1.54, 1.807) is 24.5 Å². The topological polar surface area (TPSA) is 66.2 Å². The number of aryl methyl sites for hydroxylation is 1. The maximum Gasteiger partial charge on any atom is 0.163 e. The standard InChI is InChI=1S/C25H34N2O2/c1-5-6-7-12-20-17-22(28)21(14-13-19(4)11-8-10-18(2)3)24(29)23(20)25-26-15-9-16-27-25/h9-10,13,15-17,28-29H,5-8,11-12,14H2,1-4H3/b19-13+.